The molecule has 0 aliphatic carbocycles. The van der Waals surface area contributed by atoms with E-state index in [9.17, 15) is 18.8 Å². The van der Waals surface area contributed by atoms with Crippen LogP contribution >= 0.6 is 11.3 Å². The quantitative estimate of drug-likeness (QED) is 0.397. The van der Waals surface area contributed by atoms with E-state index in [0.29, 0.717) is 23.4 Å². The summed E-state index contributed by atoms with van der Waals surface area (Å²) < 4.78 is 15.0. The Labute approximate surface area is 204 Å². The van der Waals surface area contributed by atoms with E-state index in [0.717, 1.165) is 26.5 Å². The lowest BCUT2D eigenvalue weighted by Crippen LogP contribution is -2.48. The van der Waals surface area contributed by atoms with Crippen molar-refractivity contribution in [1.29, 1.82) is 0 Å². The molecule has 0 bridgehead atoms. The van der Waals surface area contributed by atoms with E-state index < -0.39 is 23.4 Å². The van der Waals surface area contributed by atoms with Crippen LogP contribution in [0.2, 0.25) is 0 Å². The minimum Gasteiger partial charge on any atom is -0.318 e. The first-order chi connectivity index (χ1) is 16.8. The summed E-state index contributed by atoms with van der Waals surface area (Å²) in [6.07, 6.45) is 0.329. The molecule has 0 spiro atoms. The summed E-state index contributed by atoms with van der Waals surface area (Å²) in [5, 5.41) is 8.83. The molecule has 1 aliphatic rings. The van der Waals surface area contributed by atoms with E-state index in [1.807, 2.05) is 13.0 Å². The Balaban J connectivity index is 1.39. The van der Waals surface area contributed by atoms with Gasteiger partial charge in [0.1, 0.15) is 16.2 Å². The average molecular weight is 492 g/mol. The van der Waals surface area contributed by atoms with Crippen molar-refractivity contribution in [3.8, 4) is 0 Å². The number of benzene rings is 2. The monoisotopic (exact) mass is 491 g/mol. The summed E-state index contributed by atoms with van der Waals surface area (Å²) in [5.41, 5.74) is 3.49. The number of hydrazine groups is 1. The van der Waals surface area contributed by atoms with Gasteiger partial charge in [-0.15, -0.1) is 11.3 Å². The van der Waals surface area contributed by atoms with Crippen molar-refractivity contribution in [2.75, 3.05) is 0 Å². The van der Waals surface area contributed by atoms with Crippen LogP contribution < -0.4 is 10.7 Å². The number of nitrogens with zero attached hydrogens (tertiary/aromatic N) is 3. The van der Waals surface area contributed by atoms with Crippen LogP contribution in [-0.2, 0) is 16.9 Å². The van der Waals surface area contributed by atoms with Gasteiger partial charge in [0.15, 0.2) is 0 Å². The first-order valence-corrected chi connectivity index (χ1v) is 11.9. The number of aromatic nitrogens is 2. The predicted octanol–water partition coefficient (Wildman–Crippen LogP) is 4.10. The molecule has 2 aromatic carbocycles. The summed E-state index contributed by atoms with van der Waals surface area (Å²) in [6.45, 7) is 4.05. The van der Waals surface area contributed by atoms with Crippen LogP contribution in [0.5, 0.6) is 0 Å². The molecule has 1 fully saturated rings. The molecule has 0 radical (unpaired) electrons. The largest absolute Gasteiger partial charge is 0.344 e. The van der Waals surface area contributed by atoms with Gasteiger partial charge in [0, 0.05) is 5.39 Å². The smallest absolute Gasteiger partial charge is 0.318 e. The molecule has 0 saturated carbocycles. The van der Waals surface area contributed by atoms with Gasteiger partial charge in [-0.25, -0.2) is 9.18 Å². The highest BCUT2D eigenvalue weighted by Crippen LogP contribution is 2.32. The van der Waals surface area contributed by atoms with Crippen LogP contribution in [0.15, 0.2) is 60.7 Å². The van der Waals surface area contributed by atoms with Gasteiger partial charge in [-0.1, -0.05) is 49.4 Å². The van der Waals surface area contributed by atoms with Crippen LogP contribution in [0, 0.1) is 12.7 Å². The van der Waals surface area contributed by atoms with Crippen molar-refractivity contribution in [2.45, 2.75) is 32.4 Å². The third kappa shape index (κ3) is 3.85. The van der Waals surface area contributed by atoms with Crippen molar-refractivity contribution in [1.82, 2.24) is 25.5 Å². The maximum Gasteiger partial charge on any atom is 0.344 e. The highest BCUT2D eigenvalue weighted by Gasteiger charge is 2.52. The van der Waals surface area contributed by atoms with E-state index in [1.165, 1.54) is 23.5 Å². The Bertz CT molecular complexity index is 1450. The van der Waals surface area contributed by atoms with Gasteiger partial charge in [0.05, 0.1) is 17.1 Å². The number of carbonyl (C=O) groups excluding carboxylic acids is 3. The highest BCUT2D eigenvalue weighted by atomic mass is 32.1. The molecule has 8 nitrogen and oxygen atoms in total. The highest BCUT2D eigenvalue weighted by molar-refractivity contribution is 7.20. The van der Waals surface area contributed by atoms with E-state index in [1.54, 1.807) is 54.1 Å². The molecule has 10 heteroatoms. The van der Waals surface area contributed by atoms with Gasteiger partial charge in [-0.05, 0) is 42.7 Å². The van der Waals surface area contributed by atoms with Crippen molar-refractivity contribution in [3.05, 3.63) is 88.2 Å². The number of hydrogen-bond acceptors (Lipinski definition) is 5. The molecule has 1 saturated heterocycles. The lowest BCUT2D eigenvalue weighted by Gasteiger charge is -2.25. The van der Waals surface area contributed by atoms with Crippen molar-refractivity contribution >= 4 is 39.4 Å². The molecular formula is C25H22FN5O3S. The molecule has 1 aliphatic heterocycles. The fourth-order valence-corrected chi connectivity index (χ4v) is 5.34. The van der Waals surface area contributed by atoms with Gasteiger partial charge in [0.25, 0.3) is 11.8 Å². The molecular weight excluding hydrogens is 469 g/mol. The molecule has 4 amide bonds. The van der Waals surface area contributed by atoms with Gasteiger partial charge >= 0.3 is 6.03 Å². The van der Waals surface area contributed by atoms with Gasteiger partial charge in [0.2, 0.25) is 0 Å². The Morgan fingerprint density at radius 1 is 1.14 bits per heavy atom. The zero-order valence-corrected chi connectivity index (χ0v) is 19.9. The minimum atomic E-state index is -1.24. The van der Waals surface area contributed by atoms with E-state index >= 15 is 0 Å². The first kappa shape index (κ1) is 22.7. The molecule has 3 heterocycles. The van der Waals surface area contributed by atoms with E-state index in [-0.39, 0.29) is 5.82 Å². The number of nitrogens with one attached hydrogen (secondary N) is 2. The number of hydrogen-bond donors (Lipinski definition) is 2. The third-order valence-corrected chi connectivity index (χ3v) is 7.33. The second kappa shape index (κ2) is 8.62. The lowest BCUT2D eigenvalue weighted by molar-refractivity contribution is -0.133. The standard InChI is InChI=1S/C25H22FN5O3S/c1-3-25(17-7-5-4-6-8-17)23(33)31(24(34)27-25)29-21(32)20-13-19-15(2)28-30(22(19)35-20)14-16-9-11-18(26)12-10-16/h4-13H,3,14H2,1-2H3,(H,27,34)(H,29,32). The number of urea groups is 1. The minimum absolute atomic E-state index is 0.314. The normalized spacial score (nSPS) is 17.7. The molecule has 35 heavy (non-hydrogen) atoms. The number of imide groups is 1. The number of halogens is 1. The van der Waals surface area contributed by atoms with Gasteiger partial charge in [-0.2, -0.15) is 10.1 Å². The zero-order valence-electron chi connectivity index (χ0n) is 19.0. The van der Waals surface area contributed by atoms with Crippen molar-refractivity contribution in [2.24, 2.45) is 0 Å². The molecule has 1 unspecified atom stereocenters. The Hall–Kier alpha value is -4.05. The Kier molecular flexibility index (Phi) is 5.60. The lowest BCUT2D eigenvalue weighted by atomic mass is 9.87. The second-order valence-corrected chi connectivity index (χ2v) is 9.37. The Morgan fingerprint density at radius 2 is 1.86 bits per heavy atom. The van der Waals surface area contributed by atoms with Gasteiger partial charge < -0.3 is 5.32 Å². The summed E-state index contributed by atoms with van der Waals surface area (Å²) in [4.78, 5) is 40.2. The molecule has 1 atom stereocenters. The predicted molar refractivity (Wildman–Crippen MR) is 129 cm³/mol. The average Bonchev–Trinajstić information content (AvgIpc) is 3.50. The third-order valence-electron chi connectivity index (χ3n) is 6.18. The Morgan fingerprint density at radius 3 is 2.54 bits per heavy atom. The fourth-order valence-electron chi connectivity index (χ4n) is 4.29. The zero-order chi connectivity index (χ0) is 24.7. The summed E-state index contributed by atoms with van der Waals surface area (Å²) in [7, 11) is 0. The van der Waals surface area contributed by atoms with Crippen LogP contribution in [0.4, 0.5) is 9.18 Å². The maximum atomic E-state index is 13.3. The number of rotatable bonds is 6. The maximum absolute atomic E-state index is 13.3. The number of carbonyl (C=O) groups is 3. The number of amides is 4. The van der Waals surface area contributed by atoms with E-state index in [2.05, 4.69) is 15.8 Å². The fraction of sp³-hybridized carbons (Fsp3) is 0.200. The van der Waals surface area contributed by atoms with Crippen LogP contribution in [0.3, 0.4) is 0 Å². The second-order valence-electron chi connectivity index (χ2n) is 8.34. The molecule has 2 N–H and O–H groups in total. The van der Waals surface area contributed by atoms with Crippen LogP contribution in [-0.4, -0.2) is 32.6 Å². The molecule has 4 aromatic rings. The summed E-state index contributed by atoms with van der Waals surface area (Å²) >= 11 is 1.21. The summed E-state index contributed by atoms with van der Waals surface area (Å²) in [5.74, 6) is -1.42. The topological polar surface area (TPSA) is 96.3 Å². The molecule has 178 valence electrons. The van der Waals surface area contributed by atoms with Crippen LogP contribution in [0.25, 0.3) is 10.2 Å². The van der Waals surface area contributed by atoms with Crippen LogP contribution in [0.1, 0.15) is 39.8 Å². The van der Waals surface area contributed by atoms with Gasteiger partial charge in [-0.3, -0.25) is 19.7 Å². The summed E-state index contributed by atoms with van der Waals surface area (Å²) in [6, 6.07) is 16.1. The van der Waals surface area contributed by atoms with Crippen molar-refractivity contribution < 1.29 is 18.8 Å². The number of fused-ring (bicyclic) bond motifs is 1. The first-order valence-electron chi connectivity index (χ1n) is 11.1. The van der Waals surface area contributed by atoms with E-state index in [4.69, 9.17) is 0 Å². The SMILES string of the molecule is CCC1(c2ccccc2)NC(=O)N(NC(=O)c2cc3c(C)nn(Cc4ccc(F)cc4)c3s2)C1=O. The molecule has 5 rings (SSSR count). The number of aryl methyl sites for hydroxylation is 1. The molecule has 2 aromatic heterocycles. The number of thiophene rings is 1. The van der Waals surface area contributed by atoms with Crippen molar-refractivity contribution in [3.63, 3.8) is 0 Å².